The van der Waals surface area contributed by atoms with E-state index in [-0.39, 0.29) is 24.0 Å². The number of hydrogen-bond donors (Lipinski definition) is 2. The van der Waals surface area contributed by atoms with Crippen molar-refractivity contribution in [1.82, 2.24) is 15.6 Å². The smallest absolute Gasteiger partial charge is 0.270 e. The van der Waals surface area contributed by atoms with Gasteiger partial charge >= 0.3 is 0 Å². The van der Waals surface area contributed by atoms with Gasteiger partial charge in [0.15, 0.2) is 0 Å². The molecule has 1 saturated heterocycles. The molecule has 128 valence electrons. The van der Waals surface area contributed by atoms with E-state index in [4.69, 9.17) is 0 Å². The summed E-state index contributed by atoms with van der Waals surface area (Å²) in [6, 6.07) is 6.58. The molecule has 1 atom stereocenters. The van der Waals surface area contributed by atoms with E-state index in [2.05, 4.69) is 15.6 Å². The van der Waals surface area contributed by atoms with E-state index < -0.39 is 4.92 Å². The molecule has 9 heteroatoms. The molecule has 1 aliphatic heterocycles. The minimum Gasteiger partial charge on any atom is -0.349 e. The Labute approximate surface area is 149 Å². The molecule has 2 heterocycles. The Morgan fingerprint density at radius 3 is 3.04 bits per heavy atom. The van der Waals surface area contributed by atoms with Crippen LogP contribution in [0, 0.1) is 10.1 Å². The van der Waals surface area contributed by atoms with Crippen molar-refractivity contribution in [2.24, 2.45) is 0 Å². The average Bonchev–Trinajstić information content (AvgIpc) is 3.24. The predicted octanol–water partition coefficient (Wildman–Crippen LogP) is 2.62. The second-order valence-electron chi connectivity index (χ2n) is 5.35. The molecule has 2 N–H and O–H groups in total. The maximum atomic E-state index is 12.1. The van der Waals surface area contributed by atoms with Gasteiger partial charge in [0.2, 0.25) is 0 Å². The van der Waals surface area contributed by atoms with Crippen molar-refractivity contribution in [2.45, 2.75) is 18.9 Å². The lowest BCUT2D eigenvalue weighted by atomic mass is 10.2. The van der Waals surface area contributed by atoms with Crippen molar-refractivity contribution >= 4 is 35.3 Å². The van der Waals surface area contributed by atoms with Crippen LogP contribution < -0.4 is 10.6 Å². The van der Waals surface area contributed by atoms with E-state index in [1.54, 1.807) is 17.5 Å². The monoisotopic (exact) mass is 368 g/mol. The van der Waals surface area contributed by atoms with E-state index >= 15 is 0 Å². The van der Waals surface area contributed by atoms with Crippen molar-refractivity contribution in [2.75, 3.05) is 13.1 Å². The van der Waals surface area contributed by atoms with Gasteiger partial charge in [-0.2, -0.15) is 0 Å². The SMILES string of the molecule is Cl.O=C(NCC1CCCN1)c1csc(-c2cccc([N+](=O)[O-])c2)n1. The largest absolute Gasteiger partial charge is 0.349 e. The number of aromatic nitrogens is 1. The number of nitro groups is 1. The zero-order valence-corrected chi connectivity index (χ0v) is 14.4. The molecule has 0 aliphatic carbocycles. The molecule has 3 rings (SSSR count). The van der Waals surface area contributed by atoms with Gasteiger partial charge < -0.3 is 10.6 Å². The first kappa shape index (κ1) is 18.3. The summed E-state index contributed by atoms with van der Waals surface area (Å²) < 4.78 is 0. The predicted molar refractivity (Wildman–Crippen MR) is 94.8 cm³/mol. The summed E-state index contributed by atoms with van der Waals surface area (Å²) in [6.07, 6.45) is 2.20. The van der Waals surface area contributed by atoms with Gasteiger partial charge in [0.1, 0.15) is 10.7 Å². The third kappa shape index (κ3) is 4.28. The summed E-state index contributed by atoms with van der Waals surface area (Å²) in [7, 11) is 0. The Hall–Kier alpha value is -2.03. The van der Waals surface area contributed by atoms with Gasteiger partial charge in [0.25, 0.3) is 11.6 Å². The van der Waals surface area contributed by atoms with Gasteiger partial charge in [-0.25, -0.2) is 4.98 Å². The molecule has 0 saturated carbocycles. The maximum Gasteiger partial charge on any atom is 0.270 e. The molecule has 1 amide bonds. The Morgan fingerprint density at radius 1 is 1.50 bits per heavy atom. The molecule has 24 heavy (non-hydrogen) atoms. The maximum absolute atomic E-state index is 12.1. The second-order valence-corrected chi connectivity index (χ2v) is 6.21. The Kier molecular flexibility index (Phi) is 6.24. The number of amides is 1. The Balaban J connectivity index is 0.00000208. The average molecular weight is 369 g/mol. The number of halogens is 1. The number of carbonyl (C=O) groups excluding carboxylic acids is 1. The lowest BCUT2D eigenvalue weighted by Gasteiger charge is -2.10. The minimum atomic E-state index is -0.445. The first-order chi connectivity index (χ1) is 11.1. The van der Waals surface area contributed by atoms with Crippen LogP contribution in [0.25, 0.3) is 10.6 Å². The lowest BCUT2D eigenvalue weighted by Crippen LogP contribution is -2.37. The summed E-state index contributed by atoms with van der Waals surface area (Å²) in [4.78, 5) is 26.8. The standard InChI is InChI=1S/C15H16N4O3S.ClH/c20-14(17-8-11-4-2-6-16-11)13-9-23-15(18-13)10-3-1-5-12(7-10)19(21)22;/h1,3,5,7,9,11,16H,2,4,6,8H2,(H,17,20);1H. The molecule has 1 aromatic carbocycles. The van der Waals surface area contributed by atoms with Crippen LogP contribution in [0.15, 0.2) is 29.6 Å². The van der Waals surface area contributed by atoms with Crippen LogP contribution in [-0.2, 0) is 0 Å². The number of rotatable bonds is 5. The van der Waals surface area contributed by atoms with E-state index in [1.807, 2.05) is 0 Å². The number of nitro benzene ring substituents is 1. The number of nitrogens with zero attached hydrogens (tertiary/aromatic N) is 2. The van der Waals surface area contributed by atoms with Gasteiger partial charge in [0, 0.05) is 35.7 Å². The number of nitrogens with one attached hydrogen (secondary N) is 2. The molecule has 0 spiro atoms. The van der Waals surface area contributed by atoms with E-state index in [0.29, 0.717) is 28.9 Å². The molecule has 0 radical (unpaired) electrons. The Bertz CT molecular complexity index is 731. The van der Waals surface area contributed by atoms with Crippen LogP contribution in [0.5, 0.6) is 0 Å². The number of benzene rings is 1. The number of hydrogen-bond acceptors (Lipinski definition) is 6. The molecule has 1 unspecified atom stereocenters. The minimum absolute atomic E-state index is 0. The number of thiazole rings is 1. The van der Waals surface area contributed by atoms with Gasteiger partial charge in [-0.15, -0.1) is 23.7 Å². The molecule has 0 bridgehead atoms. The topological polar surface area (TPSA) is 97.2 Å². The van der Waals surface area contributed by atoms with Crippen molar-refractivity contribution in [3.63, 3.8) is 0 Å². The lowest BCUT2D eigenvalue weighted by molar-refractivity contribution is -0.384. The summed E-state index contributed by atoms with van der Waals surface area (Å²) in [6.45, 7) is 1.58. The van der Waals surface area contributed by atoms with Crippen LogP contribution >= 0.6 is 23.7 Å². The summed E-state index contributed by atoms with van der Waals surface area (Å²) in [5.74, 6) is -0.216. The highest BCUT2D eigenvalue weighted by molar-refractivity contribution is 7.13. The molecule has 1 aliphatic rings. The van der Waals surface area contributed by atoms with Crippen molar-refractivity contribution < 1.29 is 9.72 Å². The van der Waals surface area contributed by atoms with Gasteiger partial charge in [-0.3, -0.25) is 14.9 Å². The highest BCUT2D eigenvalue weighted by Gasteiger charge is 2.17. The number of non-ortho nitro benzene ring substituents is 1. The molecule has 2 aromatic rings. The molecular weight excluding hydrogens is 352 g/mol. The first-order valence-electron chi connectivity index (χ1n) is 7.35. The van der Waals surface area contributed by atoms with Crippen molar-refractivity contribution in [3.8, 4) is 10.6 Å². The quantitative estimate of drug-likeness (QED) is 0.624. The van der Waals surface area contributed by atoms with Crippen LogP contribution in [0.1, 0.15) is 23.3 Å². The van der Waals surface area contributed by atoms with E-state index in [9.17, 15) is 14.9 Å². The van der Waals surface area contributed by atoms with Crippen molar-refractivity contribution in [1.29, 1.82) is 0 Å². The van der Waals surface area contributed by atoms with Crippen LogP contribution in [0.2, 0.25) is 0 Å². The zero-order valence-electron chi connectivity index (χ0n) is 12.7. The van der Waals surface area contributed by atoms with Crippen LogP contribution in [-0.4, -0.2) is 34.9 Å². The van der Waals surface area contributed by atoms with Crippen LogP contribution in [0.3, 0.4) is 0 Å². The van der Waals surface area contributed by atoms with Gasteiger partial charge in [0.05, 0.1) is 4.92 Å². The highest BCUT2D eigenvalue weighted by Crippen LogP contribution is 2.26. The molecule has 7 nitrogen and oxygen atoms in total. The summed E-state index contributed by atoms with van der Waals surface area (Å²) in [5.41, 5.74) is 0.992. The normalized spacial score (nSPS) is 16.4. The summed E-state index contributed by atoms with van der Waals surface area (Å²) in [5, 5.41) is 19.3. The fourth-order valence-electron chi connectivity index (χ4n) is 2.50. The van der Waals surface area contributed by atoms with E-state index in [1.165, 1.54) is 23.5 Å². The third-order valence-electron chi connectivity index (χ3n) is 3.71. The van der Waals surface area contributed by atoms with E-state index in [0.717, 1.165) is 19.4 Å². The van der Waals surface area contributed by atoms with Gasteiger partial charge in [-0.1, -0.05) is 12.1 Å². The fraction of sp³-hybridized carbons (Fsp3) is 0.333. The Morgan fingerprint density at radius 2 is 2.33 bits per heavy atom. The summed E-state index contributed by atoms with van der Waals surface area (Å²) >= 11 is 1.30. The third-order valence-corrected chi connectivity index (χ3v) is 4.60. The van der Waals surface area contributed by atoms with Gasteiger partial charge in [-0.05, 0) is 19.4 Å². The second kappa shape index (κ2) is 8.18. The molecular formula is C15H17ClN4O3S. The molecule has 1 aromatic heterocycles. The van der Waals surface area contributed by atoms with Crippen LogP contribution in [0.4, 0.5) is 5.69 Å². The highest BCUT2D eigenvalue weighted by atomic mass is 35.5. The first-order valence-corrected chi connectivity index (χ1v) is 8.23. The molecule has 1 fully saturated rings. The zero-order chi connectivity index (χ0) is 16.2. The van der Waals surface area contributed by atoms with Crippen molar-refractivity contribution in [3.05, 3.63) is 45.5 Å². The fourth-order valence-corrected chi connectivity index (χ4v) is 3.30. The number of carbonyl (C=O) groups is 1.